The molecule has 0 aliphatic heterocycles. The zero-order valence-corrected chi connectivity index (χ0v) is 8.90. The molecule has 0 aliphatic carbocycles. The molecule has 0 saturated heterocycles. The van der Waals surface area contributed by atoms with Gasteiger partial charge in [0.25, 0.3) is 0 Å². The van der Waals surface area contributed by atoms with E-state index in [2.05, 4.69) is 15.6 Å². The monoisotopic (exact) mass is 212 g/mol. The van der Waals surface area contributed by atoms with Crippen LogP contribution in [0.1, 0.15) is 24.8 Å². The van der Waals surface area contributed by atoms with Crippen LogP contribution in [0, 0.1) is 6.92 Å². The maximum Gasteiger partial charge on any atom is 0.156 e. The van der Waals surface area contributed by atoms with Crippen molar-refractivity contribution in [3.63, 3.8) is 0 Å². The smallest absolute Gasteiger partial charge is 0.156 e. The molecule has 0 aromatic carbocycles. The Morgan fingerprint density at radius 1 is 1.80 bits per heavy atom. The molecule has 0 radical (unpaired) electrons. The highest BCUT2D eigenvalue weighted by Gasteiger charge is 2.11. The molecule has 0 saturated carbocycles. The largest absolute Gasteiger partial charge is 0.409 e. The Labute approximate surface area is 88.1 Å². The molecule has 1 unspecified atom stereocenters. The summed E-state index contributed by atoms with van der Waals surface area (Å²) in [5, 5.41) is 18.4. The molecule has 1 rings (SSSR count). The van der Waals surface area contributed by atoms with Gasteiger partial charge in [-0.1, -0.05) is 17.2 Å². The maximum atomic E-state index is 8.53. The van der Waals surface area contributed by atoms with Crippen molar-refractivity contribution in [2.24, 2.45) is 10.9 Å². The van der Waals surface area contributed by atoms with Crippen LogP contribution >= 0.6 is 0 Å². The van der Waals surface area contributed by atoms with E-state index in [1.807, 2.05) is 19.9 Å². The fraction of sp³-hybridized carbons (Fsp3) is 0.556. The first-order valence-electron chi connectivity index (χ1n) is 4.80. The van der Waals surface area contributed by atoms with E-state index >= 15 is 0 Å². The Bertz CT molecular complexity index is 335. The summed E-state index contributed by atoms with van der Waals surface area (Å²) in [4.78, 5) is 0. The molecule has 0 aliphatic rings. The number of nitrogens with one attached hydrogen (secondary N) is 1. The molecular weight excluding hydrogens is 196 g/mol. The molecule has 0 spiro atoms. The number of hydrogen-bond donors (Lipinski definition) is 3. The zero-order valence-electron chi connectivity index (χ0n) is 8.90. The molecule has 0 fully saturated rings. The van der Waals surface area contributed by atoms with E-state index < -0.39 is 0 Å². The van der Waals surface area contributed by atoms with E-state index in [0.29, 0.717) is 6.54 Å². The topological polar surface area (TPSA) is 96.7 Å². The average Bonchev–Trinajstić information content (AvgIpc) is 2.64. The van der Waals surface area contributed by atoms with E-state index in [1.54, 1.807) is 0 Å². The maximum absolute atomic E-state index is 8.53. The molecule has 6 heteroatoms. The Morgan fingerprint density at radius 3 is 3.00 bits per heavy atom. The van der Waals surface area contributed by atoms with Crippen molar-refractivity contribution in [2.75, 3.05) is 0 Å². The fourth-order valence-electron chi connectivity index (χ4n) is 1.26. The molecule has 1 aromatic rings. The van der Waals surface area contributed by atoms with Crippen LogP contribution in [0.15, 0.2) is 15.7 Å². The van der Waals surface area contributed by atoms with Crippen molar-refractivity contribution in [2.45, 2.75) is 32.9 Å². The summed E-state index contributed by atoms with van der Waals surface area (Å²) in [7, 11) is 0. The zero-order chi connectivity index (χ0) is 11.3. The molecule has 0 amide bonds. The molecule has 4 N–H and O–H groups in total. The van der Waals surface area contributed by atoms with E-state index in [9.17, 15) is 0 Å². The molecule has 0 bridgehead atoms. The lowest BCUT2D eigenvalue weighted by atomic mass is 10.2. The van der Waals surface area contributed by atoms with Gasteiger partial charge in [0.1, 0.15) is 5.76 Å². The number of rotatable bonds is 5. The third-order valence-corrected chi connectivity index (χ3v) is 2.09. The van der Waals surface area contributed by atoms with Gasteiger partial charge in [-0.05, 0) is 13.3 Å². The third-order valence-electron chi connectivity index (χ3n) is 2.09. The van der Waals surface area contributed by atoms with E-state index in [0.717, 1.165) is 17.9 Å². The van der Waals surface area contributed by atoms with Gasteiger partial charge in [0.05, 0.1) is 11.7 Å². The predicted molar refractivity (Wildman–Crippen MR) is 55.6 cm³/mol. The molecule has 1 heterocycles. The summed E-state index contributed by atoms with van der Waals surface area (Å²) < 4.78 is 4.92. The lowest BCUT2D eigenvalue weighted by Gasteiger charge is -2.13. The Hall–Kier alpha value is -1.56. The normalized spacial score (nSPS) is 14.1. The third kappa shape index (κ3) is 3.25. The summed E-state index contributed by atoms with van der Waals surface area (Å²) in [5.74, 6) is 0.946. The standard InChI is InChI=1S/C9H16N4O2/c1-3-8(9(10)12-14)11-5-7-4-6(2)15-13-7/h4,8,11,14H,3,5H2,1-2H3,(H2,10,12). The first kappa shape index (κ1) is 11.5. The van der Waals surface area contributed by atoms with Crippen LogP contribution in [0.3, 0.4) is 0 Å². The first-order chi connectivity index (χ1) is 7.17. The predicted octanol–water partition coefficient (Wildman–Crippen LogP) is 0.598. The molecule has 15 heavy (non-hydrogen) atoms. The molecule has 1 aromatic heterocycles. The van der Waals surface area contributed by atoms with Gasteiger partial charge < -0.3 is 20.8 Å². The number of aromatic nitrogens is 1. The summed E-state index contributed by atoms with van der Waals surface area (Å²) >= 11 is 0. The Balaban J connectivity index is 2.48. The second-order valence-corrected chi connectivity index (χ2v) is 3.30. The number of hydrogen-bond acceptors (Lipinski definition) is 5. The van der Waals surface area contributed by atoms with Crippen molar-refractivity contribution in [1.29, 1.82) is 0 Å². The summed E-state index contributed by atoms with van der Waals surface area (Å²) in [6, 6.07) is 1.69. The summed E-state index contributed by atoms with van der Waals surface area (Å²) in [6.45, 7) is 4.31. The number of nitrogens with zero attached hydrogens (tertiary/aromatic N) is 2. The van der Waals surface area contributed by atoms with Gasteiger partial charge >= 0.3 is 0 Å². The number of amidine groups is 1. The van der Waals surface area contributed by atoms with Gasteiger partial charge in [0.2, 0.25) is 0 Å². The lowest BCUT2D eigenvalue weighted by Crippen LogP contribution is -2.40. The van der Waals surface area contributed by atoms with Gasteiger partial charge in [0.15, 0.2) is 5.84 Å². The van der Waals surface area contributed by atoms with Crippen molar-refractivity contribution in [3.8, 4) is 0 Å². The van der Waals surface area contributed by atoms with Crippen LogP contribution < -0.4 is 11.1 Å². The van der Waals surface area contributed by atoms with Gasteiger partial charge in [0, 0.05) is 12.6 Å². The van der Waals surface area contributed by atoms with Crippen LogP contribution in [0.4, 0.5) is 0 Å². The minimum absolute atomic E-state index is 0.146. The van der Waals surface area contributed by atoms with Crippen LogP contribution in [0.5, 0.6) is 0 Å². The van der Waals surface area contributed by atoms with Crippen molar-refractivity contribution < 1.29 is 9.73 Å². The number of aryl methyl sites for hydroxylation is 1. The van der Waals surface area contributed by atoms with E-state index in [-0.39, 0.29) is 11.9 Å². The minimum atomic E-state index is -0.146. The van der Waals surface area contributed by atoms with Crippen molar-refractivity contribution in [3.05, 3.63) is 17.5 Å². The Morgan fingerprint density at radius 2 is 2.53 bits per heavy atom. The van der Waals surface area contributed by atoms with Crippen LogP contribution in [0.25, 0.3) is 0 Å². The quantitative estimate of drug-likeness (QED) is 0.287. The van der Waals surface area contributed by atoms with Gasteiger partial charge in [-0.25, -0.2) is 0 Å². The van der Waals surface area contributed by atoms with Crippen molar-refractivity contribution >= 4 is 5.84 Å². The molecule has 84 valence electrons. The van der Waals surface area contributed by atoms with Gasteiger partial charge in [-0.3, -0.25) is 0 Å². The van der Waals surface area contributed by atoms with Crippen LogP contribution in [-0.2, 0) is 6.54 Å². The van der Waals surface area contributed by atoms with Gasteiger partial charge in [-0.2, -0.15) is 0 Å². The fourth-order valence-corrected chi connectivity index (χ4v) is 1.26. The lowest BCUT2D eigenvalue weighted by molar-refractivity contribution is 0.314. The highest BCUT2D eigenvalue weighted by Crippen LogP contribution is 2.02. The number of nitrogens with two attached hydrogens (primary N) is 1. The molecule has 1 atom stereocenters. The van der Waals surface area contributed by atoms with E-state index in [4.69, 9.17) is 15.5 Å². The second kappa shape index (κ2) is 5.35. The minimum Gasteiger partial charge on any atom is -0.409 e. The van der Waals surface area contributed by atoms with Crippen LogP contribution in [-0.4, -0.2) is 22.2 Å². The highest BCUT2D eigenvalue weighted by atomic mass is 16.5. The second-order valence-electron chi connectivity index (χ2n) is 3.30. The highest BCUT2D eigenvalue weighted by molar-refractivity contribution is 5.85. The number of oxime groups is 1. The first-order valence-corrected chi connectivity index (χ1v) is 4.80. The SMILES string of the molecule is CCC(NCc1cc(C)on1)C(N)=NO. The average molecular weight is 212 g/mol. The van der Waals surface area contributed by atoms with Gasteiger partial charge in [-0.15, -0.1) is 0 Å². The summed E-state index contributed by atoms with van der Waals surface area (Å²) in [5.41, 5.74) is 6.29. The van der Waals surface area contributed by atoms with Crippen LogP contribution in [0.2, 0.25) is 0 Å². The van der Waals surface area contributed by atoms with E-state index in [1.165, 1.54) is 0 Å². The summed E-state index contributed by atoms with van der Waals surface area (Å²) in [6.07, 6.45) is 0.743. The molecular formula is C9H16N4O2. The molecule has 6 nitrogen and oxygen atoms in total. The van der Waals surface area contributed by atoms with Crippen molar-refractivity contribution in [1.82, 2.24) is 10.5 Å². The Kier molecular flexibility index (Phi) is 4.11.